The average molecular weight is 332 g/mol. The van der Waals surface area contributed by atoms with Gasteiger partial charge in [0.05, 0.1) is 0 Å². The van der Waals surface area contributed by atoms with Gasteiger partial charge in [-0.2, -0.15) is 0 Å². The van der Waals surface area contributed by atoms with Crippen LogP contribution in [0.2, 0.25) is 0 Å². The molecule has 0 fully saturated rings. The van der Waals surface area contributed by atoms with E-state index >= 15 is 0 Å². The van der Waals surface area contributed by atoms with Crippen molar-refractivity contribution in [3.05, 3.63) is 102 Å². The van der Waals surface area contributed by atoms with E-state index in [-0.39, 0.29) is 6.61 Å². The largest absolute Gasteiger partial charge is 0.474 e. The van der Waals surface area contributed by atoms with Gasteiger partial charge in [0.25, 0.3) is 0 Å². The van der Waals surface area contributed by atoms with Gasteiger partial charge in [0, 0.05) is 5.56 Å². The predicted octanol–water partition coefficient (Wildman–Crippen LogP) is 4.86. The Morgan fingerprint density at radius 1 is 0.840 bits per heavy atom. The lowest BCUT2D eigenvalue weighted by Crippen LogP contribution is -2.21. The summed E-state index contributed by atoms with van der Waals surface area (Å²) in [7, 11) is 0. The Balaban J connectivity index is 1.76. The molecular weight excluding hydrogens is 312 g/mol. The van der Waals surface area contributed by atoms with Crippen LogP contribution in [0.5, 0.6) is 5.75 Å². The Bertz CT molecular complexity index is 796. The molecular formula is C22H20O3. The number of carbonyl (C=O) groups is 1. The number of hydrogen-bond acceptors (Lipinski definition) is 3. The minimum absolute atomic E-state index is 0.222. The fraction of sp³-hybridized carbons (Fsp3) is 0.136. The standard InChI is InChI=1S/C22H20O3/c1-17-12-14-20(15-13-17)25-21(19-10-6-3-7-11-19)22(23)24-16-18-8-4-2-5-9-18/h2-15,21H,16H2,1H3. The minimum atomic E-state index is -0.799. The van der Waals surface area contributed by atoms with Crippen LogP contribution in [0, 0.1) is 6.92 Å². The highest BCUT2D eigenvalue weighted by molar-refractivity contribution is 5.77. The summed E-state index contributed by atoms with van der Waals surface area (Å²) in [6.07, 6.45) is -0.799. The molecule has 0 aliphatic heterocycles. The first-order chi connectivity index (χ1) is 12.2. The quantitative estimate of drug-likeness (QED) is 0.605. The molecule has 0 aliphatic rings. The van der Waals surface area contributed by atoms with E-state index in [1.807, 2.05) is 91.9 Å². The second-order valence-corrected chi connectivity index (χ2v) is 5.81. The van der Waals surface area contributed by atoms with Crippen molar-refractivity contribution in [2.45, 2.75) is 19.6 Å². The molecule has 0 aromatic heterocycles. The molecule has 0 saturated carbocycles. The van der Waals surface area contributed by atoms with Crippen LogP contribution < -0.4 is 4.74 Å². The van der Waals surface area contributed by atoms with Crippen molar-refractivity contribution < 1.29 is 14.3 Å². The van der Waals surface area contributed by atoms with E-state index in [0.29, 0.717) is 5.75 Å². The lowest BCUT2D eigenvalue weighted by molar-refractivity contribution is -0.153. The molecule has 0 saturated heterocycles. The molecule has 1 atom stereocenters. The summed E-state index contributed by atoms with van der Waals surface area (Å²) in [5, 5.41) is 0. The molecule has 126 valence electrons. The number of rotatable bonds is 6. The highest BCUT2D eigenvalue weighted by Crippen LogP contribution is 2.24. The fourth-order valence-corrected chi connectivity index (χ4v) is 2.44. The topological polar surface area (TPSA) is 35.5 Å². The first-order valence-corrected chi connectivity index (χ1v) is 8.21. The summed E-state index contributed by atoms with van der Waals surface area (Å²) >= 11 is 0. The minimum Gasteiger partial charge on any atom is -0.474 e. The lowest BCUT2D eigenvalue weighted by atomic mass is 10.1. The van der Waals surface area contributed by atoms with E-state index in [0.717, 1.165) is 16.7 Å². The number of ether oxygens (including phenoxy) is 2. The third-order valence-electron chi connectivity index (χ3n) is 3.82. The molecule has 0 bridgehead atoms. The van der Waals surface area contributed by atoms with E-state index in [1.165, 1.54) is 0 Å². The monoisotopic (exact) mass is 332 g/mol. The van der Waals surface area contributed by atoms with E-state index in [2.05, 4.69) is 0 Å². The maximum Gasteiger partial charge on any atom is 0.352 e. The summed E-state index contributed by atoms with van der Waals surface area (Å²) in [5.41, 5.74) is 2.84. The van der Waals surface area contributed by atoms with Crippen LogP contribution in [0.3, 0.4) is 0 Å². The van der Waals surface area contributed by atoms with Crippen molar-refractivity contribution in [1.29, 1.82) is 0 Å². The molecule has 0 heterocycles. The van der Waals surface area contributed by atoms with Crippen molar-refractivity contribution in [2.75, 3.05) is 0 Å². The SMILES string of the molecule is Cc1ccc(OC(C(=O)OCc2ccccc2)c2ccccc2)cc1. The zero-order valence-corrected chi connectivity index (χ0v) is 14.1. The third kappa shape index (κ3) is 4.70. The molecule has 0 amide bonds. The predicted molar refractivity (Wildman–Crippen MR) is 97.2 cm³/mol. The van der Waals surface area contributed by atoms with Gasteiger partial charge in [0.15, 0.2) is 0 Å². The normalized spacial score (nSPS) is 11.6. The molecule has 3 aromatic carbocycles. The number of aryl methyl sites for hydroxylation is 1. The average Bonchev–Trinajstić information content (AvgIpc) is 2.67. The summed E-state index contributed by atoms with van der Waals surface area (Å²) < 4.78 is 11.4. The summed E-state index contributed by atoms with van der Waals surface area (Å²) in [6.45, 7) is 2.23. The van der Waals surface area contributed by atoms with Crippen molar-refractivity contribution in [1.82, 2.24) is 0 Å². The van der Waals surface area contributed by atoms with Gasteiger partial charge >= 0.3 is 5.97 Å². The Kier molecular flexibility index (Phi) is 5.47. The van der Waals surface area contributed by atoms with E-state index in [4.69, 9.17) is 9.47 Å². The molecule has 3 rings (SSSR count). The van der Waals surface area contributed by atoms with Crippen LogP contribution in [0.1, 0.15) is 22.8 Å². The van der Waals surface area contributed by atoms with Crippen molar-refractivity contribution in [3.8, 4) is 5.75 Å². The maximum atomic E-state index is 12.6. The Morgan fingerprint density at radius 3 is 2.08 bits per heavy atom. The molecule has 0 spiro atoms. The van der Waals surface area contributed by atoms with Gasteiger partial charge in [-0.05, 0) is 24.6 Å². The number of benzene rings is 3. The van der Waals surface area contributed by atoms with Gasteiger partial charge < -0.3 is 9.47 Å². The molecule has 3 nitrogen and oxygen atoms in total. The zero-order chi connectivity index (χ0) is 17.5. The van der Waals surface area contributed by atoms with Crippen molar-refractivity contribution >= 4 is 5.97 Å². The van der Waals surface area contributed by atoms with Crippen LogP contribution >= 0.6 is 0 Å². The molecule has 1 unspecified atom stereocenters. The van der Waals surface area contributed by atoms with Crippen molar-refractivity contribution in [2.24, 2.45) is 0 Å². The van der Waals surface area contributed by atoms with Gasteiger partial charge in [-0.1, -0.05) is 78.4 Å². The Hall–Kier alpha value is -3.07. The zero-order valence-electron chi connectivity index (χ0n) is 14.1. The van der Waals surface area contributed by atoms with Crippen LogP contribution in [-0.2, 0) is 16.1 Å². The van der Waals surface area contributed by atoms with Gasteiger partial charge in [0.2, 0.25) is 6.10 Å². The molecule has 0 N–H and O–H groups in total. The van der Waals surface area contributed by atoms with Gasteiger partial charge in [-0.25, -0.2) is 4.79 Å². The highest BCUT2D eigenvalue weighted by Gasteiger charge is 2.24. The second kappa shape index (κ2) is 8.15. The molecule has 3 aromatic rings. The maximum absolute atomic E-state index is 12.6. The summed E-state index contributed by atoms with van der Waals surface area (Å²) in [6, 6.07) is 26.6. The smallest absolute Gasteiger partial charge is 0.352 e. The number of hydrogen-bond donors (Lipinski definition) is 0. The first kappa shape index (κ1) is 16.8. The van der Waals surface area contributed by atoms with Crippen LogP contribution in [0.4, 0.5) is 0 Å². The van der Waals surface area contributed by atoms with Crippen molar-refractivity contribution in [3.63, 3.8) is 0 Å². The van der Waals surface area contributed by atoms with E-state index in [1.54, 1.807) is 0 Å². The van der Waals surface area contributed by atoms with Gasteiger partial charge in [0.1, 0.15) is 12.4 Å². The molecule has 3 heteroatoms. The summed E-state index contributed by atoms with van der Waals surface area (Å²) in [5.74, 6) is 0.228. The Morgan fingerprint density at radius 2 is 1.44 bits per heavy atom. The lowest BCUT2D eigenvalue weighted by Gasteiger charge is -2.18. The van der Waals surface area contributed by atoms with E-state index < -0.39 is 12.1 Å². The van der Waals surface area contributed by atoms with Gasteiger partial charge in [-0.3, -0.25) is 0 Å². The highest BCUT2D eigenvalue weighted by atomic mass is 16.6. The first-order valence-electron chi connectivity index (χ1n) is 8.21. The number of esters is 1. The van der Waals surface area contributed by atoms with Gasteiger partial charge in [-0.15, -0.1) is 0 Å². The second-order valence-electron chi connectivity index (χ2n) is 5.81. The van der Waals surface area contributed by atoms with Crippen LogP contribution in [0.15, 0.2) is 84.9 Å². The Labute approximate surface area is 147 Å². The third-order valence-corrected chi connectivity index (χ3v) is 3.82. The molecule has 25 heavy (non-hydrogen) atoms. The molecule has 0 aliphatic carbocycles. The number of carbonyl (C=O) groups excluding carboxylic acids is 1. The molecule has 0 radical (unpaired) electrons. The van der Waals surface area contributed by atoms with E-state index in [9.17, 15) is 4.79 Å². The summed E-state index contributed by atoms with van der Waals surface area (Å²) in [4.78, 5) is 12.6. The fourth-order valence-electron chi connectivity index (χ4n) is 2.44. The van der Waals surface area contributed by atoms with Crippen LogP contribution in [-0.4, -0.2) is 5.97 Å². The van der Waals surface area contributed by atoms with Crippen LogP contribution in [0.25, 0.3) is 0 Å².